The van der Waals surface area contributed by atoms with Crippen molar-refractivity contribution in [2.45, 2.75) is 19.8 Å². The summed E-state index contributed by atoms with van der Waals surface area (Å²) in [6.45, 7) is 2.22. The van der Waals surface area contributed by atoms with Crippen LogP contribution in [0.5, 0.6) is 0 Å². The Bertz CT molecular complexity index is 778. The van der Waals surface area contributed by atoms with Gasteiger partial charge >= 0.3 is 0 Å². The van der Waals surface area contributed by atoms with Gasteiger partial charge in [-0.1, -0.05) is 11.2 Å². The van der Waals surface area contributed by atoms with Crippen molar-refractivity contribution in [3.8, 4) is 0 Å². The Balaban J connectivity index is 1.60. The minimum absolute atomic E-state index is 0.211. The summed E-state index contributed by atoms with van der Waals surface area (Å²) in [6.07, 6.45) is 0.814. The molecule has 1 fully saturated rings. The van der Waals surface area contributed by atoms with Crippen LogP contribution >= 0.6 is 0 Å². The molecular formula is C17H17F2N3O3. The highest BCUT2D eigenvalue weighted by atomic mass is 19.1. The van der Waals surface area contributed by atoms with Gasteiger partial charge in [0.05, 0.1) is 0 Å². The molecular weight excluding hydrogens is 332 g/mol. The second-order valence-electron chi connectivity index (χ2n) is 5.98. The number of halogens is 2. The summed E-state index contributed by atoms with van der Waals surface area (Å²) in [5.74, 6) is -2.04. The standard InChI is InChI=1S/C17H17F2N3O3/c1-10-9-14(21-25-10)20-16(23)11-5-7-22(8-6-11)17(24)15-12(18)3-2-4-13(15)19/h2-4,9,11H,5-8H2,1H3,(H,20,21,23). The van der Waals surface area contributed by atoms with E-state index in [1.54, 1.807) is 13.0 Å². The van der Waals surface area contributed by atoms with Crippen LogP contribution in [0, 0.1) is 24.5 Å². The van der Waals surface area contributed by atoms with Gasteiger partial charge in [-0.15, -0.1) is 0 Å². The van der Waals surface area contributed by atoms with E-state index >= 15 is 0 Å². The number of nitrogens with zero attached hydrogens (tertiary/aromatic N) is 2. The first-order chi connectivity index (χ1) is 12.0. The lowest BCUT2D eigenvalue weighted by molar-refractivity contribution is -0.121. The Morgan fingerprint density at radius 3 is 2.44 bits per heavy atom. The summed E-state index contributed by atoms with van der Waals surface area (Å²) in [6, 6.07) is 4.92. The maximum absolute atomic E-state index is 13.7. The van der Waals surface area contributed by atoms with Crippen LogP contribution in [0.25, 0.3) is 0 Å². The van der Waals surface area contributed by atoms with E-state index in [4.69, 9.17) is 4.52 Å². The number of carbonyl (C=O) groups is 2. The van der Waals surface area contributed by atoms with Crippen LogP contribution in [0.3, 0.4) is 0 Å². The molecule has 2 heterocycles. The zero-order valence-corrected chi connectivity index (χ0v) is 13.6. The van der Waals surface area contributed by atoms with Crippen molar-refractivity contribution in [3.05, 3.63) is 47.2 Å². The highest BCUT2D eigenvalue weighted by Crippen LogP contribution is 2.22. The van der Waals surface area contributed by atoms with E-state index in [0.717, 1.165) is 12.1 Å². The van der Waals surface area contributed by atoms with E-state index in [-0.39, 0.29) is 24.9 Å². The van der Waals surface area contributed by atoms with Crippen molar-refractivity contribution in [2.24, 2.45) is 5.92 Å². The number of likely N-dealkylation sites (tertiary alicyclic amines) is 1. The molecule has 0 atom stereocenters. The molecule has 25 heavy (non-hydrogen) atoms. The van der Waals surface area contributed by atoms with Crippen LogP contribution in [0.2, 0.25) is 0 Å². The predicted octanol–water partition coefficient (Wildman–Crippen LogP) is 2.75. The average molecular weight is 349 g/mol. The molecule has 1 aromatic heterocycles. The summed E-state index contributed by atoms with van der Waals surface area (Å²) >= 11 is 0. The second-order valence-corrected chi connectivity index (χ2v) is 5.98. The minimum atomic E-state index is -0.883. The van der Waals surface area contributed by atoms with Gasteiger partial charge in [0.25, 0.3) is 5.91 Å². The third kappa shape index (κ3) is 3.67. The van der Waals surface area contributed by atoms with E-state index in [1.807, 2.05) is 0 Å². The van der Waals surface area contributed by atoms with Gasteiger partial charge < -0.3 is 14.7 Å². The number of aryl methyl sites for hydroxylation is 1. The monoisotopic (exact) mass is 349 g/mol. The summed E-state index contributed by atoms with van der Waals surface area (Å²) in [5, 5.41) is 6.36. The smallest absolute Gasteiger partial charge is 0.259 e. The highest BCUT2D eigenvalue weighted by Gasteiger charge is 2.30. The minimum Gasteiger partial charge on any atom is -0.360 e. The average Bonchev–Trinajstić information content (AvgIpc) is 2.99. The largest absolute Gasteiger partial charge is 0.360 e. The van der Waals surface area contributed by atoms with Crippen molar-refractivity contribution >= 4 is 17.6 Å². The number of hydrogen-bond donors (Lipinski definition) is 1. The summed E-state index contributed by atoms with van der Waals surface area (Å²) in [7, 11) is 0. The fraction of sp³-hybridized carbons (Fsp3) is 0.353. The van der Waals surface area contributed by atoms with Crippen LogP contribution in [0.1, 0.15) is 29.0 Å². The van der Waals surface area contributed by atoms with Gasteiger partial charge in [-0.05, 0) is 31.9 Å². The fourth-order valence-corrected chi connectivity index (χ4v) is 2.86. The van der Waals surface area contributed by atoms with Gasteiger partial charge in [-0.2, -0.15) is 0 Å². The van der Waals surface area contributed by atoms with Crippen LogP contribution < -0.4 is 5.32 Å². The number of anilines is 1. The van der Waals surface area contributed by atoms with E-state index in [1.165, 1.54) is 11.0 Å². The number of amides is 2. The van der Waals surface area contributed by atoms with Crippen molar-refractivity contribution in [1.29, 1.82) is 0 Å². The van der Waals surface area contributed by atoms with Crippen LogP contribution in [0.15, 0.2) is 28.8 Å². The number of rotatable bonds is 3. The second kappa shape index (κ2) is 7.00. The van der Waals surface area contributed by atoms with Crippen molar-refractivity contribution in [1.82, 2.24) is 10.1 Å². The van der Waals surface area contributed by atoms with Crippen molar-refractivity contribution in [3.63, 3.8) is 0 Å². The third-order valence-corrected chi connectivity index (χ3v) is 4.21. The van der Waals surface area contributed by atoms with Crippen LogP contribution in [0.4, 0.5) is 14.6 Å². The molecule has 2 amide bonds. The van der Waals surface area contributed by atoms with E-state index < -0.39 is 23.1 Å². The van der Waals surface area contributed by atoms with E-state index in [2.05, 4.69) is 10.5 Å². The fourth-order valence-electron chi connectivity index (χ4n) is 2.86. The first-order valence-electron chi connectivity index (χ1n) is 7.93. The molecule has 8 heteroatoms. The zero-order valence-electron chi connectivity index (χ0n) is 13.6. The van der Waals surface area contributed by atoms with Gasteiger partial charge in [0.2, 0.25) is 5.91 Å². The van der Waals surface area contributed by atoms with E-state index in [9.17, 15) is 18.4 Å². The Labute approximate surface area is 142 Å². The van der Waals surface area contributed by atoms with Gasteiger partial charge in [0, 0.05) is 25.1 Å². The summed E-state index contributed by atoms with van der Waals surface area (Å²) < 4.78 is 32.4. The lowest BCUT2D eigenvalue weighted by Gasteiger charge is -2.31. The first-order valence-corrected chi connectivity index (χ1v) is 7.93. The van der Waals surface area contributed by atoms with Gasteiger partial charge in [0.15, 0.2) is 5.82 Å². The third-order valence-electron chi connectivity index (χ3n) is 4.21. The number of aromatic nitrogens is 1. The molecule has 0 aliphatic carbocycles. The Kier molecular flexibility index (Phi) is 4.78. The maximum Gasteiger partial charge on any atom is 0.259 e. The Morgan fingerprint density at radius 2 is 1.88 bits per heavy atom. The van der Waals surface area contributed by atoms with Crippen LogP contribution in [-0.4, -0.2) is 35.0 Å². The molecule has 1 N–H and O–H groups in total. The van der Waals surface area contributed by atoms with Gasteiger partial charge in [-0.3, -0.25) is 9.59 Å². The predicted molar refractivity (Wildman–Crippen MR) is 84.9 cm³/mol. The normalized spacial score (nSPS) is 15.2. The molecule has 0 saturated carbocycles. The zero-order chi connectivity index (χ0) is 18.0. The van der Waals surface area contributed by atoms with Gasteiger partial charge in [0.1, 0.15) is 23.0 Å². The van der Waals surface area contributed by atoms with Crippen molar-refractivity contribution < 1.29 is 22.9 Å². The number of carbonyl (C=O) groups excluding carboxylic acids is 2. The SMILES string of the molecule is Cc1cc(NC(=O)C2CCN(C(=O)c3c(F)cccc3F)CC2)no1. The molecule has 1 aliphatic rings. The molecule has 3 rings (SSSR count). The Hall–Kier alpha value is -2.77. The van der Waals surface area contributed by atoms with E-state index in [0.29, 0.717) is 24.4 Å². The molecule has 0 spiro atoms. The maximum atomic E-state index is 13.7. The number of hydrogen-bond acceptors (Lipinski definition) is 4. The first kappa shape index (κ1) is 17.1. The topological polar surface area (TPSA) is 75.4 Å². The molecule has 0 radical (unpaired) electrons. The quantitative estimate of drug-likeness (QED) is 0.924. The molecule has 1 aromatic carbocycles. The number of benzene rings is 1. The van der Waals surface area contributed by atoms with Crippen LogP contribution in [-0.2, 0) is 4.79 Å². The lowest BCUT2D eigenvalue weighted by Crippen LogP contribution is -2.42. The molecule has 0 bridgehead atoms. The lowest BCUT2D eigenvalue weighted by atomic mass is 9.95. The molecule has 132 valence electrons. The molecule has 2 aromatic rings. The van der Waals surface area contributed by atoms with Gasteiger partial charge in [-0.25, -0.2) is 8.78 Å². The summed E-state index contributed by atoms with van der Waals surface area (Å²) in [4.78, 5) is 25.9. The Morgan fingerprint density at radius 1 is 1.24 bits per heavy atom. The molecule has 6 nitrogen and oxygen atoms in total. The molecule has 0 unspecified atom stereocenters. The molecule has 1 saturated heterocycles. The number of piperidine rings is 1. The summed E-state index contributed by atoms with van der Waals surface area (Å²) in [5.41, 5.74) is -0.552. The molecule has 1 aliphatic heterocycles. The number of nitrogens with one attached hydrogen (secondary N) is 1. The highest BCUT2D eigenvalue weighted by molar-refractivity contribution is 5.95. The van der Waals surface area contributed by atoms with Crippen molar-refractivity contribution in [2.75, 3.05) is 18.4 Å².